The van der Waals surface area contributed by atoms with E-state index < -0.39 is 6.29 Å². The predicted molar refractivity (Wildman–Crippen MR) is 163 cm³/mol. The summed E-state index contributed by atoms with van der Waals surface area (Å²) in [7, 11) is 0. The van der Waals surface area contributed by atoms with Crippen LogP contribution in [0.2, 0.25) is 0 Å². The van der Waals surface area contributed by atoms with Gasteiger partial charge in [-0.3, -0.25) is 9.78 Å². The van der Waals surface area contributed by atoms with E-state index in [1.165, 1.54) is 24.2 Å². The first-order valence-corrected chi connectivity index (χ1v) is 14.9. The predicted octanol–water partition coefficient (Wildman–Crippen LogP) is 5.59. The number of para-hydroxylation sites is 2. The summed E-state index contributed by atoms with van der Waals surface area (Å²) in [5.41, 5.74) is 4.65. The molecule has 0 radical (unpaired) electrons. The van der Waals surface area contributed by atoms with Crippen LogP contribution in [0.4, 0.5) is 5.69 Å². The minimum Gasteiger partial charge on any atom is -0.618 e. The smallest absolute Gasteiger partial charge is 0.275 e. The summed E-state index contributed by atoms with van der Waals surface area (Å²) in [6.07, 6.45) is 1.66. The topological polar surface area (TPSA) is 121 Å². The number of aliphatic hydroxyl groups is 1. The zero-order chi connectivity index (χ0) is 29.8. The molecule has 1 aliphatic heterocycles. The monoisotopic (exact) mass is 594 g/mol. The Labute approximate surface area is 253 Å². The second-order valence-electron chi connectivity index (χ2n) is 10.3. The molecule has 1 fully saturated rings. The first-order valence-electron chi connectivity index (χ1n) is 13.9. The number of aliphatic hydroxyl groups excluding tert-OH is 1. The molecular formula is C33H30N4O5S. The summed E-state index contributed by atoms with van der Waals surface area (Å²) in [6.45, 7) is 2.03. The average molecular weight is 595 g/mol. The van der Waals surface area contributed by atoms with Crippen LogP contribution in [0.5, 0.6) is 0 Å². The van der Waals surface area contributed by atoms with Crippen LogP contribution in [-0.4, -0.2) is 32.8 Å². The van der Waals surface area contributed by atoms with Crippen molar-refractivity contribution in [2.45, 2.75) is 37.1 Å². The van der Waals surface area contributed by atoms with E-state index in [4.69, 9.17) is 9.47 Å². The largest absolute Gasteiger partial charge is 0.618 e. The van der Waals surface area contributed by atoms with Gasteiger partial charge in [0.15, 0.2) is 12.5 Å². The van der Waals surface area contributed by atoms with Crippen LogP contribution < -0.4 is 10.0 Å². The van der Waals surface area contributed by atoms with E-state index >= 15 is 0 Å². The molecule has 6 rings (SSSR count). The molecule has 0 spiro atoms. The number of rotatable bonds is 8. The molecule has 43 heavy (non-hydrogen) atoms. The Balaban J connectivity index is 1.24. The lowest BCUT2D eigenvalue weighted by atomic mass is 9.91. The molecule has 5 aromatic rings. The maximum Gasteiger partial charge on any atom is 0.275 e. The van der Waals surface area contributed by atoms with Gasteiger partial charge in [0.05, 0.1) is 36.0 Å². The lowest BCUT2D eigenvalue weighted by Crippen LogP contribution is -2.39. The van der Waals surface area contributed by atoms with Crippen molar-refractivity contribution in [3.63, 3.8) is 0 Å². The number of benzene rings is 3. The zero-order valence-electron chi connectivity index (χ0n) is 23.4. The molecule has 9 nitrogen and oxygen atoms in total. The molecule has 1 aliphatic rings. The third-order valence-electron chi connectivity index (χ3n) is 7.41. The van der Waals surface area contributed by atoms with Crippen LogP contribution in [0.15, 0.2) is 108 Å². The summed E-state index contributed by atoms with van der Waals surface area (Å²) < 4.78 is 13.9. The van der Waals surface area contributed by atoms with Gasteiger partial charge in [-0.15, -0.1) is 0 Å². The van der Waals surface area contributed by atoms with Gasteiger partial charge in [0, 0.05) is 35.1 Å². The van der Waals surface area contributed by atoms with E-state index in [0.717, 1.165) is 21.4 Å². The number of aromatic nitrogens is 3. The Bertz CT molecular complexity index is 1730. The van der Waals surface area contributed by atoms with E-state index in [0.29, 0.717) is 27.5 Å². The standard InChI is InChI=1S/C33H30N4O5S/c1-21-29(20-43-30-11-4-5-16-37(30)40)41-33(42-31(21)23-14-12-22(19-38)13-15-23)24-7-6-8-25(17-24)35-32(39)28-18-34-26-9-2-3-10-27(26)36-28/h2-18,21,29,31,33,38H,19-20H2,1H3,(H,35,39)/t21-,29+,31+,33+/m0/s1. The molecule has 2 N–H and O–H groups in total. The quantitative estimate of drug-likeness (QED) is 0.136. The molecule has 1 saturated heterocycles. The number of ether oxygens (including phenoxy) is 2. The summed E-state index contributed by atoms with van der Waals surface area (Å²) in [6, 6.07) is 27.7. The van der Waals surface area contributed by atoms with Gasteiger partial charge in [0.25, 0.3) is 10.9 Å². The SMILES string of the molecule is C[C@H]1[C@@H](CSc2cccc[n+]2[O-])O[C@@H](c2cccc(NC(=O)c3cnc4ccccc4n3)c2)O[C@H]1c1ccc(CO)cc1. The minimum absolute atomic E-state index is 0.0398. The lowest BCUT2D eigenvalue weighted by Gasteiger charge is -2.41. The molecule has 4 atom stereocenters. The molecule has 0 aliphatic carbocycles. The fourth-order valence-corrected chi connectivity index (χ4v) is 6.11. The van der Waals surface area contributed by atoms with Gasteiger partial charge < -0.3 is 25.1 Å². The number of carbonyl (C=O) groups is 1. The molecular weight excluding hydrogens is 564 g/mol. The Kier molecular flexibility index (Phi) is 8.62. The number of pyridine rings is 1. The van der Waals surface area contributed by atoms with Gasteiger partial charge in [-0.25, -0.2) is 4.98 Å². The third-order valence-corrected chi connectivity index (χ3v) is 8.51. The number of fused-ring (bicyclic) bond motifs is 1. The van der Waals surface area contributed by atoms with E-state index in [2.05, 4.69) is 22.2 Å². The number of nitrogens with one attached hydrogen (secondary N) is 1. The first-order chi connectivity index (χ1) is 21.0. The maximum atomic E-state index is 13.1. The molecule has 218 valence electrons. The Morgan fingerprint density at radius 2 is 1.77 bits per heavy atom. The van der Waals surface area contributed by atoms with Gasteiger partial charge in [0.2, 0.25) is 0 Å². The second-order valence-corrected chi connectivity index (χ2v) is 11.4. The molecule has 10 heteroatoms. The fraction of sp³-hybridized carbons (Fsp3) is 0.212. The number of thioether (sulfide) groups is 1. The van der Waals surface area contributed by atoms with Crippen molar-refractivity contribution in [3.8, 4) is 0 Å². The van der Waals surface area contributed by atoms with Crippen LogP contribution in [0, 0.1) is 11.1 Å². The van der Waals surface area contributed by atoms with Gasteiger partial charge in [-0.2, -0.15) is 4.73 Å². The van der Waals surface area contributed by atoms with Crippen LogP contribution >= 0.6 is 11.8 Å². The maximum absolute atomic E-state index is 13.1. The Morgan fingerprint density at radius 1 is 0.977 bits per heavy atom. The van der Waals surface area contributed by atoms with Gasteiger partial charge in [-0.05, 0) is 41.5 Å². The number of carbonyl (C=O) groups excluding carboxylic acids is 1. The molecule has 1 amide bonds. The fourth-order valence-electron chi connectivity index (χ4n) is 5.03. The van der Waals surface area contributed by atoms with Crippen molar-refractivity contribution < 1.29 is 24.1 Å². The van der Waals surface area contributed by atoms with Gasteiger partial charge in [0.1, 0.15) is 5.69 Å². The third kappa shape index (κ3) is 6.52. The summed E-state index contributed by atoms with van der Waals surface area (Å²) >= 11 is 1.43. The van der Waals surface area contributed by atoms with Crippen molar-refractivity contribution in [3.05, 3.63) is 131 Å². The Morgan fingerprint density at radius 3 is 2.56 bits per heavy atom. The van der Waals surface area contributed by atoms with Crippen molar-refractivity contribution in [1.29, 1.82) is 0 Å². The first kappa shape index (κ1) is 28.8. The van der Waals surface area contributed by atoms with E-state index in [1.807, 2.05) is 72.8 Å². The molecule has 3 aromatic carbocycles. The molecule has 0 unspecified atom stereocenters. The number of anilines is 1. The summed E-state index contributed by atoms with van der Waals surface area (Å²) in [5, 5.41) is 25.3. The number of amides is 1. The highest BCUT2D eigenvalue weighted by Gasteiger charge is 2.38. The van der Waals surface area contributed by atoms with Crippen LogP contribution in [0.1, 0.15) is 46.5 Å². The highest BCUT2D eigenvalue weighted by Crippen LogP contribution is 2.43. The normalized spacial score (nSPS) is 20.1. The van der Waals surface area contributed by atoms with Gasteiger partial charge in [-0.1, -0.05) is 67.2 Å². The minimum atomic E-state index is -0.725. The number of hydrogen-bond acceptors (Lipinski definition) is 8. The van der Waals surface area contributed by atoms with Crippen LogP contribution in [0.25, 0.3) is 11.0 Å². The van der Waals surface area contributed by atoms with Crippen molar-refractivity contribution >= 4 is 34.4 Å². The molecule has 0 bridgehead atoms. The summed E-state index contributed by atoms with van der Waals surface area (Å²) in [4.78, 5) is 21.8. The highest BCUT2D eigenvalue weighted by molar-refractivity contribution is 7.99. The second kappa shape index (κ2) is 12.9. The van der Waals surface area contributed by atoms with Crippen LogP contribution in [0.3, 0.4) is 0 Å². The lowest BCUT2D eigenvalue weighted by molar-refractivity contribution is -0.645. The van der Waals surface area contributed by atoms with E-state index in [1.54, 1.807) is 18.2 Å². The average Bonchev–Trinajstić information content (AvgIpc) is 3.05. The van der Waals surface area contributed by atoms with E-state index in [-0.39, 0.29) is 36.3 Å². The van der Waals surface area contributed by atoms with Crippen molar-refractivity contribution in [1.82, 2.24) is 9.97 Å². The highest BCUT2D eigenvalue weighted by atomic mass is 32.2. The molecule has 0 saturated carbocycles. The zero-order valence-corrected chi connectivity index (χ0v) is 24.2. The Hall–Kier alpha value is -4.35. The van der Waals surface area contributed by atoms with Crippen molar-refractivity contribution in [2.75, 3.05) is 11.1 Å². The number of nitrogens with zero attached hydrogens (tertiary/aromatic N) is 3. The van der Waals surface area contributed by atoms with Gasteiger partial charge >= 0.3 is 0 Å². The van der Waals surface area contributed by atoms with Crippen LogP contribution in [-0.2, 0) is 16.1 Å². The van der Waals surface area contributed by atoms with E-state index in [9.17, 15) is 15.1 Å². The number of hydrogen-bond donors (Lipinski definition) is 2. The van der Waals surface area contributed by atoms with Crippen molar-refractivity contribution in [2.24, 2.45) is 5.92 Å². The molecule has 3 heterocycles. The molecule has 2 aromatic heterocycles. The summed E-state index contributed by atoms with van der Waals surface area (Å²) in [5.74, 6) is 0.122.